The molecule has 2 atom stereocenters. The Morgan fingerprint density at radius 3 is 2.45 bits per heavy atom. The van der Waals surface area contributed by atoms with Crippen LogP contribution < -0.4 is 15.2 Å². The molecule has 168 valence electrons. The van der Waals surface area contributed by atoms with Gasteiger partial charge in [-0.25, -0.2) is 0 Å². The molecule has 31 heavy (non-hydrogen) atoms. The van der Waals surface area contributed by atoms with Crippen molar-refractivity contribution in [1.82, 2.24) is 9.80 Å². The molecule has 3 N–H and O–H groups in total. The lowest BCUT2D eigenvalue weighted by Crippen LogP contribution is -2.52. The van der Waals surface area contributed by atoms with E-state index < -0.39 is 6.10 Å². The quantitative estimate of drug-likeness (QED) is 0.636. The maximum atomic E-state index is 11.6. The third-order valence-electron chi connectivity index (χ3n) is 5.78. The molecular weight excluding hydrogens is 394 g/mol. The molecule has 2 aromatic carbocycles. The van der Waals surface area contributed by atoms with Crippen molar-refractivity contribution in [2.24, 2.45) is 5.73 Å². The van der Waals surface area contributed by atoms with E-state index in [1.165, 1.54) is 16.7 Å². The molecule has 1 aliphatic rings. The van der Waals surface area contributed by atoms with Gasteiger partial charge in [0.1, 0.15) is 12.7 Å². The van der Waals surface area contributed by atoms with Crippen LogP contribution in [-0.2, 0) is 4.79 Å². The fourth-order valence-electron chi connectivity index (χ4n) is 4.33. The van der Waals surface area contributed by atoms with Gasteiger partial charge in [-0.05, 0) is 42.7 Å². The number of aryl methyl sites for hydroxylation is 2. The Morgan fingerprint density at radius 2 is 1.81 bits per heavy atom. The zero-order chi connectivity index (χ0) is 22.4. The third-order valence-corrected chi connectivity index (χ3v) is 5.78. The summed E-state index contributed by atoms with van der Waals surface area (Å²) >= 11 is 0. The number of aliphatic hydroxyl groups is 1. The minimum Gasteiger partial charge on any atom is -0.493 e. The Hall–Kier alpha value is -2.61. The fraction of sp³-hybridized carbons (Fsp3) is 0.458. The number of aliphatic hydroxyl groups excluding tert-OH is 1. The molecule has 7 heteroatoms. The first-order valence-electron chi connectivity index (χ1n) is 10.6. The number of β-amino-alcohol motifs (C(OH)–C–C–N with tert-alkyl or cyclic N) is 1. The Morgan fingerprint density at radius 1 is 1.13 bits per heavy atom. The van der Waals surface area contributed by atoms with Gasteiger partial charge in [0, 0.05) is 32.2 Å². The highest BCUT2D eigenvalue weighted by Gasteiger charge is 2.31. The summed E-state index contributed by atoms with van der Waals surface area (Å²) in [5, 5.41) is 10.6. The van der Waals surface area contributed by atoms with Crippen molar-refractivity contribution in [1.29, 1.82) is 0 Å². The van der Waals surface area contributed by atoms with Crippen LogP contribution in [0.3, 0.4) is 0 Å². The maximum Gasteiger partial charge on any atom is 0.231 e. The number of nitrogens with zero attached hydrogens (tertiary/aromatic N) is 2. The summed E-state index contributed by atoms with van der Waals surface area (Å²) < 4.78 is 11.1. The van der Waals surface area contributed by atoms with E-state index in [0.29, 0.717) is 31.1 Å². The summed E-state index contributed by atoms with van der Waals surface area (Å²) in [4.78, 5) is 16.0. The van der Waals surface area contributed by atoms with Gasteiger partial charge < -0.3 is 20.3 Å². The molecule has 1 aliphatic heterocycles. The second-order valence-electron chi connectivity index (χ2n) is 8.13. The molecule has 1 saturated heterocycles. The molecule has 2 aromatic rings. The summed E-state index contributed by atoms with van der Waals surface area (Å²) in [6.07, 6.45) is -0.647. The van der Waals surface area contributed by atoms with Gasteiger partial charge in [-0.3, -0.25) is 14.6 Å². The molecule has 0 aromatic heterocycles. The van der Waals surface area contributed by atoms with Crippen LogP contribution >= 0.6 is 0 Å². The lowest BCUT2D eigenvalue weighted by Gasteiger charge is -2.42. The molecule has 7 nitrogen and oxygen atoms in total. The van der Waals surface area contributed by atoms with Crippen LogP contribution in [0.2, 0.25) is 0 Å². The van der Waals surface area contributed by atoms with E-state index in [-0.39, 0.29) is 25.1 Å². The highest BCUT2D eigenvalue weighted by atomic mass is 16.5. The highest BCUT2D eigenvalue weighted by Crippen LogP contribution is 2.30. The van der Waals surface area contributed by atoms with E-state index in [4.69, 9.17) is 15.2 Å². The summed E-state index contributed by atoms with van der Waals surface area (Å²) in [5.41, 5.74) is 9.13. The van der Waals surface area contributed by atoms with Gasteiger partial charge in [0.05, 0.1) is 13.7 Å². The number of carbonyl (C=O) groups excluding carboxylic acids is 1. The van der Waals surface area contributed by atoms with Crippen molar-refractivity contribution in [2.75, 3.05) is 46.4 Å². The van der Waals surface area contributed by atoms with Crippen molar-refractivity contribution in [3.8, 4) is 11.5 Å². The lowest BCUT2D eigenvalue weighted by atomic mass is 9.93. The summed E-state index contributed by atoms with van der Waals surface area (Å²) in [5.74, 6) is 0.934. The number of hydrogen-bond acceptors (Lipinski definition) is 6. The standard InChI is InChI=1S/C24H33N3O4/c1-17-7-6-8-18(2)24(17)20-14-26(11-12-27(20)15-23(25)29)13-19(28)16-31-22-10-5-4-9-21(22)30-3/h4-10,19-20,28H,11-16H2,1-3H3,(H2,25,29). The Labute approximate surface area is 184 Å². The van der Waals surface area contributed by atoms with Crippen LogP contribution in [0.1, 0.15) is 22.7 Å². The molecule has 0 radical (unpaired) electrons. The van der Waals surface area contributed by atoms with Gasteiger partial charge in [-0.1, -0.05) is 30.3 Å². The molecular formula is C24H33N3O4. The van der Waals surface area contributed by atoms with Crippen molar-refractivity contribution in [3.05, 3.63) is 59.2 Å². The zero-order valence-corrected chi connectivity index (χ0v) is 18.6. The average molecular weight is 428 g/mol. The van der Waals surface area contributed by atoms with Crippen molar-refractivity contribution in [3.63, 3.8) is 0 Å². The number of nitrogens with two attached hydrogens (primary N) is 1. The number of piperazine rings is 1. The van der Waals surface area contributed by atoms with Gasteiger partial charge in [0.2, 0.25) is 5.91 Å². The summed E-state index contributed by atoms with van der Waals surface area (Å²) in [7, 11) is 1.60. The number of benzene rings is 2. The monoisotopic (exact) mass is 427 g/mol. The highest BCUT2D eigenvalue weighted by molar-refractivity contribution is 5.76. The van der Waals surface area contributed by atoms with Crippen molar-refractivity contribution >= 4 is 5.91 Å². The normalized spacial score (nSPS) is 18.5. The largest absolute Gasteiger partial charge is 0.493 e. The Balaban J connectivity index is 1.66. The molecule has 2 unspecified atom stereocenters. The minimum absolute atomic E-state index is 0.0461. The van der Waals surface area contributed by atoms with E-state index in [9.17, 15) is 9.90 Å². The zero-order valence-electron chi connectivity index (χ0n) is 18.6. The van der Waals surface area contributed by atoms with E-state index in [1.807, 2.05) is 30.3 Å². The van der Waals surface area contributed by atoms with Crippen LogP contribution in [-0.4, -0.2) is 73.4 Å². The van der Waals surface area contributed by atoms with E-state index in [0.717, 1.165) is 6.54 Å². The first-order valence-corrected chi connectivity index (χ1v) is 10.6. The van der Waals surface area contributed by atoms with Gasteiger partial charge in [-0.15, -0.1) is 0 Å². The predicted octanol–water partition coefficient (Wildman–Crippen LogP) is 1.90. The van der Waals surface area contributed by atoms with E-state index >= 15 is 0 Å². The van der Waals surface area contributed by atoms with Crippen LogP contribution in [0.25, 0.3) is 0 Å². The predicted molar refractivity (Wildman–Crippen MR) is 120 cm³/mol. The van der Waals surface area contributed by atoms with Gasteiger partial charge in [-0.2, -0.15) is 0 Å². The Kier molecular flexibility index (Phi) is 7.90. The number of rotatable bonds is 9. The van der Waals surface area contributed by atoms with Crippen molar-refractivity contribution in [2.45, 2.75) is 26.0 Å². The molecule has 0 bridgehead atoms. The lowest BCUT2D eigenvalue weighted by molar-refractivity contribution is -0.120. The average Bonchev–Trinajstić information content (AvgIpc) is 2.73. The molecule has 1 amide bonds. The molecule has 3 rings (SSSR count). The van der Waals surface area contributed by atoms with Gasteiger partial charge in [0.25, 0.3) is 0 Å². The van der Waals surface area contributed by atoms with Gasteiger partial charge >= 0.3 is 0 Å². The topological polar surface area (TPSA) is 88.3 Å². The molecule has 0 saturated carbocycles. The SMILES string of the molecule is COc1ccccc1OCC(O)CN1CCN(CC(N)=O)C(c2c(C)cccc2C)C1. The van der Waals surface area contributed by atoms with Crippen LogP contribution in [0.5, 0.6) is 11.5 Å². The second kappa shape index (κ2) is 10.6. The fourth-order valence-corrected chi connectivity index (χ4v) is 4.33. The molecule has 1 heterocycles. The second-order valence-corrected chi connectivity index (χ2v) is 8.13. The van der Waals surface area contributed by atoms with Crippen LogP contribution in [0, 0.1) is 13.8 Å². The van der Waals surface area contributed by atoms with Crippen molar-refractivity contribution < 1.29 is 19.4 Å². The summed E-state index contributed by atoms with van der Waals surface area (Å²) in [6.45, 7) is 7.26. The number of hydrogen-bond donors (Lipinski definition) is 2. The molecule has 1 fully saturated rings. The minimum atomic E-state index is -0.647. The Bertz CT molecular complexity index is 869. The first kappa shape index (κ1) is 23.1. The number of methoxy groups -OCH3 is 1. The number of ether oxygens (including phenoxy) is 2. The third kappa shape index (κ3) is 5.97. The van der Waals surface area contributed by atoms with E-state index in [2.05, 4.69) is 35.8 Å². The number of primary amides is 1. The number of para-hydroxylation sites is 2. The number of amides is 1. The number of carbonyl (C=O) groups is 1. The van der Waals surface area contributed by atoms with Gasteiger partial charge in [0.15, 0.2) is 11.5 Å². The first-order chi connectivity index (χ1) is 14.9. The smallest absolute Gasteiger partial charge is 0.231 e. The van der Waals surface area contributed by atoms with E-state index in [1.54, 1.807) is 7.11 Å². The molecule has 0 spiro atoms. The van der Waals surface area contributed by atoms with Crippen LogP contribution in [0.4, 0.5) is 0 Å². The van der Waals surface area contributed by atoms with Crippen LogP contribution in [0.15, 0.2) is 42.5 Å². The molecule has 0 aliphatic carbocycles. The summed E-state index contributed by atoms with van der Waals surface area (Å²) in [6, 6.07) is 13.7. The maximum absolute atomic E-state index is 11.6.